The molecule has 0 saturated heterocycles. The van der Waals surface area contributed by atoms with E-state index in [9.17, 15) is 18.0 Å². The standard InChI is InChI=1S/C28H35N5O7S/c1-6-32-17-25(26(31-32)38-18-20-10-8-7-9-11-20)41(36,37)33-16-22(15-29-19(2)34)39-24-13-12-21(14-23(24)33)30-27(35)40-28(3,4)5/h7-14,17,22H,6,15-16,18H2,1-5H3,(H,29,34)(H,30,35). The van der Waals surface area contributed by atoms with E-state index in [2.05, 4.69) is 15.7 Å². The average molecular weight is 586 g/mol. The number of carbonyl (C=O) groups is 2. The van der Waals surface area contributed by atoms with Gasteiger partial charge in [-0.2, -0.15) is 0 Å². The maximum atomic E-state index is 14.3. The minimum absolute atomic E-state index is 0.0369. The molecule has 3 aromatic rings. The number of benzene rings is 2. The quantitative estimate of drug-likeness (QED) is 0.385. The van der Waals surface area contributed by atoms with E-state index in [1.165, 1.54) is 28.2 Å². The summed E-state index contributed by atoms with van der Waals surface area (Å²) in [6.07, 6.45) is 0.0600. The number of aryl methyl sites for hydroxylation is 1. The van der Waals surface area contributed by atoms with Crippen LogP contribution in [0.2, 0.25) is 0 Å². The van der Waals surface area contributed by atoms with Crippen LogP contribution in [0.5, 0.6) is 11.6 Å². The lowest BCUT2D eigenvalue weighted by Gasteiger charge is -2.35. The fraction of sp³-hybridized carbons (Fsp3) is 0.393. The Morgan fingerprint density at radius 2 is 1.88 bits per heavy atom. The highest BCUT2D eigenvalue weighted by molar-refractivity contribution is 7.93. The molecular weight excluding hydrogens is 550 g/mol. The van der Waals surface area contributed by atoms with Crippen LogP contribution in [0.25, 0.3) is 0 Å². The fourth-order valence-electron chi connectivity index (χ4n) is 4.07. The van der Waals surface area contributed by atoms with E-state index in [4.69, 9.17) is 14.2 Å². The highest BCUT2D eigenvalue weighted by Crippen LogP contribution is 2.40. The Bertz CT molecular complexity index is 1500. The zero-order valence-corrected chi connectivity index (χ0v) is 24.5. The van der Waals surface area contributed by atoms with Crippen LogP contribution < -0.4 is 24.4 Å². The molecule has 2 N–H and O–H groups in total. The summed E-state index contributed by atoms with van der Waals surface area (Å²) in [7, 11) is -4.26. The van der Waals surface area contributed by atoms with Gasteiger partial charge in [0, 0.05) is 25.4 Å². The van der Waals surface area contributed by atoms with Gasteiger partial charge in [0.25, 0.3) is 15.9 Å². The zero-order chi connectivity index (χ0) is 29.8. The van der Waals surface area contributed by atoms with Gasteiger partial charge in [0.15, 0.2) is 4.90 Å². The van der Waals surface area contributed by atoms with Gasteiger partial charge in [0.1, 0.15) is 24.1 Å². The second-order valence-corrected chi connectivity index (χ2v) is 12.3. The number of anilines is 2. The maximum Gasteiger partial charge on any atom is 0.412 e. The lowest BCUT2D eigenvalue weighted by atomic mass is 10.2. The van der Waals surface area contributed by atoms with Crippen LogP contribution >= 0.6 is 0 Å². The number of sulfonamides is 1. The number of fused-ring (bicyclic) bond motifs is 1. The monoisotopic (exact) mass is 585 g/mol. The van der Waals surface area contributed by atoms with Crippen molar-refractivity contribution in [3.05, 3.63) is 60.3 Å². The predicted octanol–water partition coefficient (Wildman–Crippen LogP) is 3.92. The van der Waals surface area contributed by atoms with Crippen LogP contribution in [-0.4, -0.2) is 55.0 Å². The first-order chi connectivity index (χ1) is 19.4. The molecule has 1 aromatic heterocycles. The van der Waals surface area contributed by atoms with Crippen LogP contribution in [-0.2, 0) is 32.7 Å². The Morgan fingerprint density at radius 3 is 2.54 bits per heavy atom. The first-order valence-electron chi connectivity index (χ1n) is 13.2. The predicted molar refractivity (Wildman–Crippen MR) is 153 cm³/mol. The van der Waals surface area contributed by atoms with Crippen molar-refractivity contribution in [1.29, 1.82) is 0 Å². The number of rotatable bonds is 9. The second kappa shape index (κ2) is 12.1. The van der Waals surface area contributed by atoms with Crippen LogP contribution in [0.15, 0.2) is 59.6 Å². The van der Waals surface area contributed by atoms with E-state index in [-0.39, 0.29) is 47.8 Å². The van der Waals surface area contributed by atoms with Crippen LogP contribution in [0.1, 0.15) is 40.2 Å². The molecule has 1 aliphatic heterocycles. The number of nitrogens with zero attached hydrogens (tertiary/aromatic N) is 3. The van der Waals surface area contributed by atoms with Crippen molar-refractivity contribution >= 4 is 33.4 Å². The van der Waals surface area contributed by atoms with Crippen LogP contribution in [0.3, 0.4) is 0 Å². The molecule has 0 saturated carbocycles. The molecular formula is C28H35N5O7S. The molecule has 2 aromatic carbocycles. The second-order valence-electron chi connectivity index (χ2n) is 10.5. The van der Waals surface area contributed by atoms with Gasteiger partial charge in [-0.1, -0.05) is 30.3 Å². The van der Waals surface area contributed by atoms with Crippen molar-refractivity contribution in [2.24, 2.45) is 0 Å². The maximum absolute atomic E-state index is 14.3. The first-order valence-corrected chi connectivity index (χ1v) is 14.6. The van der Waals surface area contributed by atoms with Crippen molar-refractivity contribution in [1.82, 2.24) is 15.1 Å². The van der Waals surface area contributed by atoms with Gasteiger partial charge >= 0.3 is 6.09 Å². The van der Waals surface area contributed by atoms with Gasteiger partial charge in [-0.15, -0.1) is 5.10 Å². The number of hydrogen-bond donors (Lipinski definition) is 2. The van der Waals surface area contributed by atoms with Gasteiger partial charge in [-0.3, -0.25) is 19.1 Å². The first kappa shape index (κ1) is 29.7. The number of carbonyl (C=O) groups excluding carboxylic acids is 2. The molecule has 2 heterocycles. The third kappa shape index (κ3) is 7.48. The number of ether oxygens (including phenoxy) is 3. The Morgan fingerprint density at radius 1 is 1.15 bits per heavy atom. The molecule has 12 nitrogen and oxygen atoms in total. The molecule has 0 radical (unpaired) electrons. The lowest BCUT2D eigenvalue weighted by molar-refractivity contribution is -0.119. The lowest BCUT2D eigenvalue weighted by Crippen LogP contribution is -2.48. The molecule has 41 heavy (non-hydrogen) atoms. The molecule has 2 amide bonds. The Labute approximate surface area is 239 Å². The van der Waals surface area contributed by atoms with Crippen molar-refractivity contribution in [3.63, 3.8) is 0 Å². The average Bonchev–Trinajstić information content (AvgIpc) is 3.34. The fourth-order valence-corrected chi connectivity index (χ4v) is 5.65. The number of nitrogens with one attached hydrogen (secondary N) is 2. The van der Waals surface area contributed by atoms with Crippen LogP contribution in [0.4, 0.5) is 16.2 Å². The smallest absolute Gasteiger partial charge is 0.412 e. The summed E-state index contributed by atoms with van der Waals surface area (Å²) in [5, 5.41) is 9.68. The summed E-state index contributed by atoms with van der Waals surface area (Å²) in [4.78, 5) is 23.9. The van der Waals surface area contributed by atoms with E-state index in [1.54, 1.807) is 32.9 Å². The van der Waals surface area contributed by atoms with Gasteiger partial charge in [0.2, 0.25) is 5.91 Å². The van der Waals surface area contributed by atoms with Crippen molar-refractivity contribution in [2.75, 3.05) is 22.7 Å². The normalized spacial score (nSPS) is 15.0. The van der Waals surface area contributed by atoms with Crippen molar-refractivity contribution in [3.8, 4) is 11.6 Å². The molecule has 4 rings (SSSR count). The largest absolute Gasteiger partial charge is 0.484 e. The van der Waals surface area contributed by atoms with Crippen molar-refractivity contribution in [2.45, 2.75) is 64.4 Å². The summed E-state index contributed by atoms with van der Waals surface area (Å²) >= 11 is 0. The highest BCUT2D eigenvalue weighted by atomic mass is 32.2. The topological polar surface area (TPSA) is 141 Å². The number of hydrogen-bond acceptors (Lipinski definition) is 8. The molecule has 220 valence electrons. The van der Waals surface area contributed by atoms with Gasteiger partial charge < -0.3 is 19.5 Å². The van der Waals surface area contributed by atoms with Gasteiger partial charge in [-0.25, -0.2) is 13.2 Å². The van der Waals surface area contributed by atoms with Crippen LogP contribution in [0, 0.1) is 0 Å². The third-order valence-electron chi connectivity index (χ3n) is 5.92. The summed E-state index contributed by atoms with van der Waals surface area (Å²) in [6, 6.07) is 14.0. The summed E-state index contributed by atoms with van der Waals surface area (Å²) in [5.41, 5.74) is 0.651. The third-order valence-corrected chi connectivity index (χ3v) is 7.68. The Balaban J connectivity index is 1.71. The molecule has 0 aliphatic carbocycles. The molecule has 1 atom stereocenters. The Hall–Kier alpha value is -4.26. The molecule has 1 aliphatic rings. The summed E-state index contributed by atoms with van der Waals surface area (Å²) in [5.74, 6) is -0.0451. The number of aromatic nitrogens is 2. The zero-order valence-electron chi connectivity index (χ0n) is 23.7. The van der Waals surface area contributed by atoms with E-state index in [1.807, 2.05) is 37.3 Å². The van der Waals surface area contributed by atoms with E-state index in [0.29, 0.717) is 12.2 Å². The summed E-state index contributed by atoms with van der Waals surface area (Å²) in [6.45, 7) is 8.96. The molecule has 0 fully saturated rings. The molecule has 1 unspecified atom stereocenters. The summed E-state index contributed by atoms with van der Waals surface area (Å²) < 4.78 is 48.4. The van der Waals surface area contributed by atoms with E-state index < -0.39 is 27.8 Å². The van der Waals surface area contributed by atoms with E-state index in [0.717, 1.165) is 5.56 Å². The van der Waals surface area contributed by atoms with Gasteiger partial charge in [-0.05, 0) is 51.5 Å². The molecule has 0 bridgehead atoms. The minimum Gasteiger partial charge on any atom is -0.484 e. The number of amides is 2. The highest BCUT2D eigenvalue weighted by Gasteiger charge is 2.38. The van der Waals surface area contributed by atoms with E-state index >= 15 is 0 Å². The minimum atomic E-state index is -4.26. The van der Waals surface area contributed by atoms with Gasteiger partial charge in [0.05, 0.1) is 18.8 Å². The SMILES string of the molecule is CCn1cc(S(=O)(=O)N2CC(CNC(C)=O)Oc3ccc(NC(=O)OC(C)(C)C)cc32)c(OCc2ccccc2)n1. The molecule has 0 spiro atoms. The molecule has 13 heteroatoms. The Kier molecular flexibility index (Phi) is 8.76. The van der Waals surface area contributed by atoms with Crippen molar-refractivity contribution < 1.29 is 32.2 Å².